The Labute approximate surface area is 116 Å². The van der Waals surface area contributed by atoms with Gasteiger partial charge in [-0.1, -0.05) is 6.92 Å². The van der Waals surface area contributed by atoms with Crippen LogP contribution in [0.25, 0.3) is 0 Å². The Bertz CT molecular complexity index is 525. The molecule has 7 heteroatoms. The summed E-state index contributed by atoms with van der Waals surface area (Å²) in [5.41, 5.74) is 3.54. The van der Waals surface area contributed by atoms with Gasteiger partial charge in [-0.2, -0.15) is 0 Å². The van der Waals surface area contributed by atoms with Crippen molar-refractivity contribution in [3.05, 3.63) is 28.0 Å². The van der Waals surface area contributed by atoms with Gasteiger partial charge in [-0.15, -0.1) is 11.3 Å². The first-order valence-corrected chi connectivity index (χ1v) is 7.09. The first-order valence-electron chi connectivity index (χ1n) is 6.21. The van der Waals surface area contributed by atoms with E-state index in [4.69, 9.17) is 5.84 Å². The number of nitrogens with zero attached hydrogens (tertiary/aromatic N) is 3. The van der Waals surface area contributed by atoms with E-state index in [9.17, 15) is 0 Å². The maximum Gasteiger partial charge on any atom is 0.148 e. The molecule has 0 saturated heterocycles. The Morgan fingerprint density at radius 1 is 1.32 bits per heavy atom. The van der Waals surface area contributed by atoms with Crippen molar-refractivity contribution >= 4 is 23.0 Å². The number of rotatable bonds is 6. The molecule has 2 aromatic rings. The lowest BCUT2D eigenvalue weighted by atomic mass is 10.2. The fourth-order valence-corrected chi connectivity index (χ4v) is 2.27. The van der Waals surface area contributed by atoms with E-state index in [1.807, 2.05) is 12.3 Å². The van der Waals surface area contributed by atoms with Gasteiger partial charge in [0.1, 0.15) is 22.5 Å². The summed E-state index contributed by atoms with van der Waals surface area (Å²) in [4.78, 5) is 13.1. The third kappa shape index (κ3) is 3.39. The highest BCUT2D eigenvalue weighted by Gasteiger charge is 2.10. The Morgan fingerprint density at radius 2 is 2.11 bits per heavy atom. The molecule has 0 aliphatic rings. The third-order valence-corrected chi connectivity index (χ3v) is 3.47. The summed E-state index contributed by atoms with van der Waals surface area (Å²) >= 11 is 1.62. The van der Waals surface area contributed by atoms with Crippen LogP contribution in [0, 0.1) is 6.92 Å². The lowest BCUT2D eigenvalue weighted by Crippen LogP contribution is -2.15. The summed E-state index contributed by atoms with van der Waals surface area (Å²) in [6, 6.07) is 0. The molecular formula is C12H18N6S. The second-order valence-electron chi connectivity index (χ2n) is 4.14. The van der Waals surface area contributed by atoms with Crippen LogP contribution in [0.5, 0.6) is 0 Å². The zero-order valence-electron chi connectivity index (χ0n) is 11.1. The molecule has 0 fully saturated rings. The molecule has 0 amide bonds. The molecule has 0 atom stereocenters. The van der Waals surface area contributed by atoms with Gasteiger partial charge in [0.2, 0.25) is 0 Å². The minimum absolute atomic E-state index is 0.658. The molecule has 0 aromatic carbocycles. The average Bonchev–Trinajstić information content (AvgIpc) is 2.92. The SMILES string of the molecule is CCCc1nc(NN)c(C)c(NCc2nccs2)n1. The predicted molar refractivity (Wildman–Crippen MR) is 78.0 cm³/mol. The summed E-state index contributed by atoms with van der Waals surface area (Å²) < 4.78 is 0. The predicted octanol–water partition coefficient (Wildman–Crippen LogP) is 2.09. The van der Waals surface area contributed by atoms with Gasteiger partial charge in [0.05, 0.1) is 6.54 Å². The molecule has 4 N–H and O–H groups in total. The lowest BCUT2D eigenvalue weighted by Gasteiger charge is -2.12. The van der Waals surface area contributed by atoms with E-state index in [1.165, 1.54) is 0 Å². The van der Waals surface area contributed by atoms with Crippen LogP contribution < -0.4 is 16.6 Å². The van der Waals surface area contributed by atoms with Crippen LogP contribution in [0.15, 0.2) is 11.6 Å². The normalized spacial score (nSPS) is 10.5. The molecule has 0 spiro atoms. The first-order chi connectivity index (χ1) is 9.24. The number of nitrogens with one attached hydrogen (secondary N) is 2. The molecule has 2 heterocycles. The van der Waals surface area contributed by atoms with Crippen LogP contribution in [-0.2, 0) is 13.0 Å². The minimum Gasteiger partial charge on any atom is -0.363 e. The van der Waals surface area contributed by atoms with E-state index in [0.717, 1.165) is 35.1 Å². The summed E-state index contributed by atoms with van der Waals surface area (Å²) in [5.74, 6) is 7.76. The van der Waals surface area contributed by atoms with Crippen molar-refractivity contribution in [3.63, 3.8) is 0 Å². The Kier molecular flexibility index (Phi) is 4.64. The first kappa shape index (κ1) is 13.7. The van der Waals surface area contributed by atoms with E-state index in [0.29, 0.717) is 12.4 Å². The minimum atomic E-state index is 0.658. The molecule has 0 aliphatic heterocycles. The van der Waals surface area contributed by atoms with Crippen LogP contribution in [0.3, 0.4) is 0 Å². The van der Waals surface area contributed by atoms with Gasteiger partial charge in [-0.25, -0.2) is 20.8 Å². The number of hydrogen-bond donors (Lipinski definition) is 3. The fraction of sp³-hybridized carbons (Fsp3) is 0.417. The highest BCUT2D eigenvalue weighted by atomic mass is 32.1. The molecule has 0 aliphatic carbocycles. The van der Waals surface area contributed by atoms with Crippen LogP contribution in [0.1, 0.15) is 29.7 Å². The lowest BCUT2D eigenvalue weighted by molar-refractivity contribution is 0.830. The summed E-state index contributed by atoms with van der Waals surface area (Å²) in [5, 5.41) is 6.27. The number of nitrogen functional groups attached to an aromatic ring is 1. The van der Waals surface area contributed by atoms with Crippen molar-refractivity contribution in [1.82, 2.24) is 15.0 Å². The number of anilines is 2. The molecule has 2 aromatic heterocycles. The largest absolute Gasteiger partial charge is 0.363 e. The number of thiazole rings is 1. The Hall–Kier alpha value is -1.73. The average molecular weight is 278 g/mol. The Morgan fingerprint density at radius 3 is 2.74 bits per heavy atom. The van der Waals surface area contributed by atoms with Gasteiger partial charge in [-0.05, 0) is 13.3 Å². The standard InChI is InChI=1S/C12H18N6S/c1-3-4-9-16-11(8(2)12(17-9)18-13)15-7-10-14-5-6-19-10/h5-6H,3-4,7,13H2,1-2H3,(H2,15,16,17,18). The molecule has 102 valence electrons. The third-order valence-electron chi connectivity index (χ3n) is 2.69. The molecular weight excluding hydrogens is 260 g/mol. The highest BCUT2D eigenvalue weighted by Crippen LogP contribution is 2.20. The van der Waals surface area contributed by atoms with Crippen molar-refractivity contribution < 1.29 is 0 Å². The topological polar surface area (TPSA) is 88.8 Å². The highest BCUT2D eigenvalue weighted by molar-refractivity contribution is 7.09. The maximum atomic E-state index is 5.50. The fourth-order valence-electron chi connectivity index (χ4n) is 1.71. The van der Waals surface area contributed by atoms with Crippen molar-refractivity contribution in [3.8, 4) is 0 Å². The zero-order chi connectivity index (χ0) is 13.7. The summed E-state index contributed by atoms with van der Waals surface area (Å²) in [7, 11) is 0. The van der Waals surface area contributed by atoms with E-state index < -0.39 is 0 Å². The van der Waals surface area contributed by atoms with Crippen LogP contribution in [-0.4, -0.2) is 15.0 Å². The Balaban J connectivity index is 2.19. The smallest absolute Gasteiger partial charge is 0.148 e. The zero-order valence-corrected chi connectivity index (χ0v) is 11.9. The van der Waals surface area contributed by atoms with Crippen molar-refractivity contribution in [2.45, 2.75) is 33.2 Å². The van der Waals surface area contributed by atoms with Crippen LogP contribution >= 0.6 is 11.3 Å². The molecule has 19 heavy (non-hydrogen) atoms. The van der Waals surface area contributed by atoms with E-state index in [2.05, 4.69) is 32.6 Å². The summed E-state index contributed by atoms with van der Waals surface area (Å²) in [6.45, 7) is 4.70. The second kappa shape index (κ2) is 6.44. The van der Waals surface area contributed by atoms with Gasteiger partial charge in [0, 0.05) is 23.6 Å². The van der Waals surface area contributed by atoms with Crippen LogP contribution in [0.4, 0.5) is 11.6 Å². The molecule has 6 nitrogen and oxygen atoms in total. The number of aryl methyl sites for hydroxylation is 1. The van der Waals surface area contributed by atoms with Gasteiger partial charge >= 0.3 is 0 Å². The number of hydrazine groups is 1. The molecule has 2 rings (SSSR count). The maximum absolute atomic E-state index is 5.50. The van der Waals surface area contributed by atoms with Crippen molar-refractivity contribution in [1.29, 1.82) is 0 Å². The van der Waals surface area contributed by atoms with Gasteiger partial charge < -0.3 is 10.7 Å². The number of nitrogens with two attached hydrogens (primary N) is 1. The molecule has 0 unspecified atom stereocenters. The number of hydrogen-bond acceptors (Lipinski definition) is 7. The number of aromatic nitrogens is 3. The van der Waals surface area contributed by atoms with Gasteiger partial charge in [-0.3, -0.25) is 0 Å². The summed E-state index contributed by atoms with van der Waals surface area (Å²) in [6.07, 6.45) is 3.63. The van der Waals surface area contributed by atoms with E-state index >= 15 is 0 Å². The molecule has 0 radical (unpaired) electrons. The monoisotopic (exact) mass is 278 g/mol. The van der Waals surface area contributed by atoms with Gasteiger partial charge in [0.15, 0.2) is 0 Å². The van der Waals surface area contributed by atoms with E-state index in [1.54, 1.807) is 17.5 Å². The van der Waals surface area contributed by atoms with Gasteiger partial charge in [0.25, 0.3) is 0 Å². The van der Waals surface area contributed by atoms with E-state index in [-0.39, 0.29) is 0 Å². The van der Waals surface area contributed by atoms with Crippen molar-refractivity contribution in [2.75, 3.05) is 10.7 Å². The molecule has 0 bridgehead atoms. The quantitative estimate of drug-likeness (QED) is 0.554. The second-order valence-corrected chi connectivity index (χ2v) is 5.11. The van der Waals surface area contributed by atoms with Crippen LogP contribution in [0.2, 0.25) is 0 Å². The molecule has 0 saturated carbocycles. The van der Waals surface area contributed by atoms with Crippen molar-refractivity contribution in [2.24, 2.45) is 5.84 Å².